The third-order valence-corrected chi connectivity index (χ3v) is 3.72. The van der Waals surface area contributed by atoms with E-state index in [-0.39, 0.29) is 24.3 Å². The van der Waals surface area contributed by atoms with Crippen molar-refractivity contribution in [1.29, 1.82) is 0 Å². The van der Waals surface area contributed by atoms with E-state index in [4.69, 9.17) is 4.74 Å². The van der Waals surface area contributed by atoms with Gasteiger partial charge in [-0.25, -0.2) is 0 Å². The van der Waals surface area contributed by atoms with Gasteiger partial charge in [-0.15, -0.1) is 0 Å². The lowest BCUT2D eigenvalue weighted by molar-refractivity contribution is -0.384. The number of carbonyl (C=O) groups excluding carboxylic acids is 1. The molecule has 1 fully saturated rings. The molecule has 0 radical (unpaired) electrons. The van der Waals surface area contributed by atoms with E-state index in [0.717, 1.165) is 0 Å². The minimum atomic E-state index is -0.488. The summed E-state index contributed by atoms with van der Waals surface area (Å²) in [6, 6.07) is 2.83. The SMILES string of the molecule is O=C1COc2cc([N+](=O)[O-])c(NCC3CC(O)C3)cc2N1. The molecule has 1 aromatic rings. The van der Waals surface area contributed by atoms with E-state index in [2.05, 4.69) is 10.6 Å². The molecule has 3 N–H and O–H groups in total. The molecule has 0 spiro atoms. The zero-order valence-electron chi connectivity index (χ0n) is 11.2. The van der Waals surface area contributed by atoms with Crippen molar-refractivity contribution in [3.05, 3.63) is 22.2 Å². The Hall–Kier alpha value is -2.35. The number of nitro benzene ring substituents is 1. The molecule has 1 amide bonds. The molecule has 0 atom stereocenters. The van der Waals surface area contributed by atoms with Gasteiger partial charge in [0.25, 0.3) is 11.6 Å². The largest absolute Gasteiger partial charge is 0.481 e. The van der Waals surface area contributed by atoms with E-state index in [0.29, 0.717) is 42.4 Å². The maximum Gasteiger partial charge on any atom is 0.296 e. The van der Waals surface area contributed by atoms with E-state index >= 15 is 0 Å². The summed E-state index contributed by atoms with van der Waals surface area (Å²) in [7, 11) is 0. The standard InChI is InChI=1S/C13H15N3O5/c17-8-1-7(2-8)5-14-9-3-10-12(4-11(9)16(19)20)21-6-13(18)15-10/h3-4,7-8,14,17H,1-2,5-6H2,(H,15,18). The maximum absolute atomic E-state index is 11.3. The second-order valence-electron chi connectivity index (χ2n) is 5.33. The molecule has 0 saturated heterocycles. The first-order valence-corrected chi connectivity index (χ1v) is 6.70. The Balaban J connectivity index is 1.81. The van der Waals surface area contributed by atoms with Gasteiger partial charge in [0.15, 0.2) is 12.4 Å². The minimum Gasteiger partial charge on any atom is -0.481 e. The molecular formula is C13H15N3O5. The molecule has 1 aliphatic carbocycles. The third kappa shape index (κ3) is 2.75. The molecule has 0 bridgehead atoms. The number of aliphatic hydroxyl groups excluding tert-OH is 1. The molecule has 8 nitrogen and oxygen atoms in total. The predicted octanol–water partition coefficient (Wildman–Crippen LogP) is 1.11. The lowest BCUT2D eigenvalue weighted by Gasteiger charge is -2.31. The molecule has 112 valence electrons. The van der Waals surface area contributed by atoms with Crippen LogP contribution in [0.15, 0.2) is 12.1 Å². The first-order chi connectivity index (χ1) is 10.0. The monoisotopic (exact) mass is 293 g/mol. The van der Waals surface area contributed by atoms with Crippen LogP contribution in [0, 0.1) is 16.0 Å². The van der Waals surface area contributed by atoms with E-state index < -0.39 is 4.92 Å². The van der Waals surface area contributed by atoms with Crippen molar-refractivity contribution in [2.75, 3.05) is 23.8 Å². The third-order valence-electron chi connectivity index (χ3n) is 3.72. The van der Waals surface area contributed by atoms with Gasteiger partial charge in [-0.1, -0.05) is 0 Å². The Bertz CT molecular complexity index is 598. The summed E-state index contributed by atoms with van der Waals surface area (Å²) >= 11 is 0. The van der Waals surface area contributed by atoms with Gasteiger partial charge in [-0.05, 0) is 24.8 Å². The zero-order valence-corrected chi connectivity index (χ0v) is 11.2. The highest BCUT2D eigenvalue weighted by atomic mass is 16.6. The molecule has 0 aromatic heterocycles. The average molecular weight is 293 g/mol. The molecule has 1 aliphatic heterocycles. The Morgan fingerprint density at radius 3 is 2.90 bits per heavy atom. The number of amides is 1. The lowest BCUT2D eigenvalue weighted by Crippen LogP contribution is -2.33. The van der Waals surface area contributed by atoms with Gasteiger partial charge in [-0.3, -0.25) is 14.9 Å². The van der Waals surface area contributed by atoms with E-state index in [9.17, 15) is 20.0 Å². The number of rotatable bonds is 4. The summed E-state index contributed by atoms with van der Waals surface area (Å²) in [5, 5.41) is 26.0. The van der Waals surface area contributed by atoms with E-state index in [1.807, 2.05) is 0 Å². The number of carbonyl (C=O) groups is 1. The van der Waals surface area contributed by atoms with Gasteiger partial charge in [0.1, 0.15) is 5.69 Å². The topological polar surface area (TPSA) is 114 Å². The summed E-state index contributed by atoms with van der Waals surface area (Å²) < 4.78 is 5.18. The van der Waals surface area contributed by atoms with Gasteiger partial charge in [0, 0.05) is 6.54 Å². The highest BCUT2D eigenvalue weighted by molar-refractivity contribution is 5.96. The molecule has 1 heterocycles. The molecule has 3 rings (SSSR count). The van der Waals surface area contributed by atoms with Crippen molar-refractivity contribution in [3.8, 4) is 5.75 Å². The van der Waals surface area contributed by atoms with Crippen LogP contribution in [0.25, 0.3) is 0 Å². The van der Waals surface area contributed by atoms with Crippen molar-refractivity contribution in [2.45, 2.75) is 18.9 Å². The van der Waals surface area contributed by atoms with Crippen LogP contribution in [-0.4, -0.2) is 35.2 Å². The van der Waals surface area contributed by atoms with Crippen LogP contribution in [0.3, 0.4) is 0 Å². The fourth-order valence-electron chi connectivity index (χ4n) is 2.53. The van der Waals surface area contributed by atoms with Crippen molar-refractivity contribution < 1.29 is 19.6 Å². The van der Waals surface area contributed by atoms with E-state index in [1.54, 1.807) is 0 Å². The number of nitro groups is 1. The predicted molar refractivity (Wildman–Crippen MR) is 74.4 cm³/mol. The Labute approximate surface area is 120 Å². The highest BCUT2D eigenvalue weighted by Crippen LogP contribution is 2.38. The lowest BCUT2D eigenvalue weighted by atomic mass is 9.82. The zero-order chi connectivity index (χ0) is 15.0. The van der Waals surface area contributed by atoms with Crippen LogP contribution in [0.5, 0.6) is 5.75 Å². The Morgan fingerprint density at radius 2 is 2.24 bits per heavy atom. The Morgan fingerprint density at radius 1 is 1.48 bits per heavy atom. The first-order valence-electron chi connectivity index (χ1n) is 6.70. The van der Waals surface area contributed by atoms with Crippen molar-refractivity contribution >= 4 is 23.0 Å². The van der Waals surface area contributed by atoms with Crippen LogP contribution in [-0.2, 0) is 4.79 Å². The van der Waals surface area contributed by atoms with E-state index in [1.165, 1.54) is 12.1 Å². The number of nitrogens with zero attached hydrogens (tertiary/aromatic N) is 1. The second kappa shape index (κ2) is 5.21. The summed E-state index contributed by atoms with van der Waals surface area (Å²) in [6.45, 7) is 0.405. The smallest absolute Gasteiger partial charge is 0.296 e. The van der Waals surface area contributed by atoms with Gasteiger partial charge in [0.2, 0.25) is 0 Å². The molecule has 21 heavy (non-hydrogen) atoms. The molecule has 2 aliphatic rings. The number of benzene rings is 1. The van der Waals surface area contributed by atoms with Crippen molar-refractivity contribution in [2.24, 2.45) is 5.92 Å². The number of anilines is 2. The molecule has 1 aromatic carbocycles. The number of aliphatic hydroxyl groups is 1. The minimum absolute atomic E-state index is 0.0928. The van der Waals surface area contributed by atoms with Gasteiger partial charge >= 0.3 is 0 Å². The number of ether oxygens (including phenoxy) is 1. The number of nitrogens with one attached hydrogen (secondary N) is 2. The fourth-order valence-corrected chi connectivity index (χ4v) is 2.53. The van der Waals surface area contributed by atoms with Crippen LogP contribution in [0.2, 0.25) is 0 Å². The van der Waals surface area contributed by atoms with Crippen LogP contribution < -0.4 is 15.4 Å². The number of hydrogen-bond donors (Lipinski definition) is 3. The van der Waals surface area contributed by atoms with Gasteiger partial charge in [-0.2, -0.15) is 0 Å². The van der Waals surface area contributed by atoms with Crippen molar-refractivity contribution in [3.63, 3.8) is 0 Å². The average Bonchev–Trinajstić information content (AvgIpc) is 2.41. The van der Waals surface area contributed by atoms with Crippen LogP contribution >= 0.6 is 0 Å². The quantitative estimate of drug-likeness (QED) is 0.566. The summed E-state index contributed by atoms with van der Waals surface area (Å²) in [5.74, 6) is 0.316. The second-order valence-corrected chi connectivity index (χ2v) is 5.33. The van der Waals surface area contributed by atoms with Crippen LogP contribution in [0.1, 0.15) is 12.8 Å². The normalized spacial score (nSPS) is 23.4. The number of fused-ring (bicyclic) bond motifs is 1. The first kappa shape index (κ1) is 13.6. The molecule has 1 saturated carbocycles. The number of hydrogen-bond acceptors (Lipinski definition) is 6. The summed E-state index contributed by atoms with van der Waals surface area (Å²) in [6.07, 6.45) is 1.14. The van der Waals surface area contributed by atoms with Gasteiger partial charge < -0.3 is 20.5 Å². The Kier molecular flexibility index (Phi) is 3.38. The highest BCUT2D eigenvalue weighted by Gasteiger charge is 2.28. The molecular weight excluding hydrogens is 278 g/mol. The van der Waals surface area contributed by atoms with Gasteiger partial charge in [0.05, 0.1) is 22.8 Å². The van der Waals surface area contributed by atoms with Crippen molar-refractivity contribution in [1.82, 2.24) is 0 Å². The maximum atomic E-state index is 11.3. The summed E-state index contributed by atoms with van der Waals surface area (Å²) in [5.41, 5.74) is 0.670. The van der Waals surface area contributed by atoms with Crippen LogP contribution in [0.4, 0.5) is 17.1 Å². The summed E-state index contributed by atoms with van der Waals surface area (Å²) in [4.78, 5) is 21.9. The molecule has 8 heteroatoms. The fraction of sp³-hybridized carbons (Fsp3) is 0.462. The molecule has 0 unspecified atom stereocenters.